The highest BCUT2D eigenvalue weighted by molar-refractivity contribution is 5.47. The van der Waals surface area contributed by atoms with Gasteiger partial charge in [0.2, 0.25) is 0 Å². The van der Waals surface area contributed by atoms with E-state index in [0.29, 0.717) is 0 Å². The molecule has 0 unspecified atom stereocenters. The molecule has 0 radical (unpaired) electrons. The molecular formula is C28H39N. The normalized spacial score (nSPS) is 13.9. The molecule has 0 spiro atoms. The predicted molar refractivity (Wildman–Crippen MR) is 130 cm³/mol. The van der Waals surface area contributed by atoms with Gasteiger partial charge in [-0.15, -0.1) is 0 Å². The second kappa shape index (κ2) is 13.0. The van der Waals surface area contributed by atoms with Gasteiger partial charge < -0.3 is 4.90 Å². The van der Waals surface area contributed by atoms with E-state index in [1.807, 2.05) is 0 Å². The molecule has 2 aromatic rings. The van der Waals surface area contributed by atoms with E-state index >= 15 is 0 Å². The van der Waals surface area contributed by atoms with Gasteiger partial charge in [-0.2, -0.15) is 0 Å². The molecule has 0 saturated heterocycles. The number of unbranched alkanes of at least 4 members (excludes halogenated alkanes) is 1. The van der Waals surface area contributed by atoms with Crippen LogP contribution in [0.25, 0.3) is 0 Å². The van der Waals surface area contributed by atoms with Gasteiger partial charge in [0.25, 0.3) is 0 Å². The molecule has 0 bridgehead atoms. The SMILES string of the molecule is C(=C\C1CCCC1)/CCCc1ccccc1.C=C(C)Cc1cccc(N(C)C)c1. The summed E-state index contributed by atoms with van der Waals surface area (Å²) in [6.07, 6.45) is 15.3. The number of aryl methyl sites for hydroxylation is 1. The van der Waals surface area contributed by atoms with Gasteiger partial charge in [-0.1, -0.05) is 79.6 Å². The first kappa shape index (κ1) is 23.0. The molecule has 1 heteroatoms. The second-order valence-electron chi connectivity index (χ2n) is 8.55. The van der Waals surface area contributed by atoms with Gasteiger partial charge in [0.05, 0.1) is 0 Å². The molecule has 0 atom stereocenters. The summed E-state index contributed by atoms with van der Waals surface area (Å²) in [7, 11) is 4.11. The molecular weight excluding hydrogens is 350 g/mol. The number of nitrogens with zero attached hydrogens (tertiary/aromatic N) is 1. The molecule has 0 aromatic heterocycles. The van der Waals surface area contributed by atoms with Gasteiger partial charge in [-0.3, -0.25) is 0 Å². The minimum atomic E-state index is 0.900. The average Bonchev–Trinajstić information content (AvgIpc) is 3.22. The highest BCUT2D eigenvalue weighted by atomic mass is 15.1. The molecule has 1 fully saturated rings. The van der Waals surface area contributed by atoms with Crippen molar-refractivity contribution in [3.63, 3.8) is 0 Å². The molecule has 0 aliphatic heterocycles. The Morgan fingerprint density at radius 1 is 1.00 bits per heavy atom. The molecule has 3 rings (SSSR count). The van der Waals surface area contributed by atoms with Crippen LogP contribution in [0.1, 0.15) is 56.6 Å². The number of anilines is 1. The fourth-order valence-electron chi connectivity index (χ4n) is 3.80. The largest absolute Gasteiger partial charge is 0.378 e. The average molecular weight is 390 g/mol. The number of rotatable bonds is 8. The fourth-order valence-corrected chi connectivity index (χ4v) is 3.80. The van der Waals surface area contributed by atoms with E-state index in [9.17, 15) is 0 Å². The van der Waals surface area contributed by atoms with E-state index in [4.69, 9.17) is 0 Å². The quantitative estimate of drug-likeness (QED) is 0.331. The molecule has 0 N–H and O–H groups in total. The number of hydrogen-bond donors (Lipinski definition) is 0. The third kappa shape index (κ3) is 9.65. The van der Waals surface area contributed by atoms with E-state index in [1.165, 1.54) is 67.3 Å². The lowest BCUT2D eigenvalue weighted by molar-refractivity contribution is 0.680. The molecule has 1 aliphatic carbocycles. The minimum Gasteiger partial charge on any atom is -0.378 e. The van der Waals surface area contributed by atoms with E-state index in [0.717, 1.165) is 12.3 Å². The lowest BCUT2D eigenvalue weighted by atomic mass is 10.1. The fraction of sp³-hybridized carbons (Fsp3) is 0.429. The predicted octanol–water partition coefficient (Wildman–Crippen LogP) is 7.63. The molecule has 1 saturated carbocycles. The van der Waals surface area contributed by atoms with Crippen LogP contribution in [-0.2, 0) is 12.8 Å². The van der Waals surface area contributed by atoms with Crippen LogP contribution in [0.4, 0.5) is 5.69 Å². The molecule has 2 aromatic carbocycles. The maximum atomic E-state index is 3.91. The Balaban J connectivity index is 0.000000212. The Morgan fingerprint density at radius 3 is 2.34 bits per heavy atom. The first-order valence-corrected chi connectivity index (χ1v) is 11.2. The maximum Gasteiger partial charge on any atom is 0.0363 e. The lowest BCUT2D eigenvalue weighted by Gasteiger charge is -2.13. The highest BCUT2D eigenvalue weighted by Crippen LogP contribution is 2.25. The summed E-state index contributed by atoms with van der Waals surface area (Å²) in [4.78, 5) is 2.11. The summed E-state index contributed by atoms with van der Waals surface area (Å²) in [5.41, 5.74) is 5.25. The first-order valence-electron chi connectivity index (χ1n) is 11.2. The second-order valence-corrected chi connectivity index (χ2v) is 8.55. The molecule has 1 nitrogen and oxygen atoms in total. The zero-order valence-corrected chi connectivity index (χ0v) is 18.7. The monoisotopic (exact) mass is 389 g/mol. The Morgan fingerprint density at radius 2 is 1.69 bits per heavy atom. The van der Waals surface area contributed by atoms with Crippen LogP contribution in [0.15, 0.2) is 78.9 Å². The van der Waals surface area contributed by atoms with Crippen molar-refractivity contribution in [1.29, 1.82) is 0 Å². The van der Waals surface area contributed by atoms with Crippen LogP contribution in [0.5, 0.6) is 0 Å². The van der Waals surface area contributed by atoms with Crippen molar-refractivity contribution < 1.29 is 0 Å². The molecule has 0 heterocycles. The van der Waals surface area contributed by atoms with E-state index in [-0.39, 0.29) is 0 Å². The van der Waals surface area contributed by atoms with Gasteiger partial charge in [-0.05, 0) is 74.6 Å². The van der Waals surface area contributed by atoms with Crippen molar-refractivity contribution in [3.8, 4) is 0 Å². The standard InChI is InChI=1S/C16H22.C12H17N/c1-3-9-15(10-4-1)11-5-2-6-12-16-13-7-8-14-16;1-10(2)8-11-6-5-7-12(9-11)13(3)4/h1,3-4,6,9-10,12,16H,2,5,7-8,11,13-14H2;5-7,9H,1,8H2,2-4H3/b12-6+;. The van der Waals surface area contributed by atoms with Crippen molar-refractivity contribution in [2.75, 3.05) is 19.0 Å². The number of allylic oxidation sites excluding steroid dienone is 3. The summed E-state index contributed by atoms with van der Waals surface area (Å²) >= 11 is 0. The van der Waals surface area contributed by atoms with Crippen LogP contribution in [0.2, 0.25) is 0 Å². The molecule has 1 aliphatic rings. The number of hydrogen-bond acceptors (Lipinski definition) is 1. The zero-order chi connectivity index (χ0) is 20.9. The van der Waals surface area contributed by atoms with Gasteiger partial charge >= 0.3 is 0 Å². The summed E-state index contributed by atoms with van der Waals surface area (Å²) in [6.45, 7) is 5.97. The van der Waals surface area contributed by atoms with Crippen LogP contribution in [-0.4, -0.2) is 14.1 Å². The Hall–Kier alpha value is -2.28. The van der Waals surface area contributed by atoms with E-state index in [1.54, 1.807) is 0 Å². The van der Waals surface area contributed by atoms with Crippen molar-refractivity contribution >= 4 is 5.69 Å². The Labute approximate surface area is 179 Å². The van der Waals surface area contributed by atoms with Gasteiger partial charge in [0.15, 0.2) is 0 Å². The third-order valence-electron chi connectivity index (χ3n) is 5.42. The Bertz CT molecular complexity index is 736. The van der Waals surface area contributed by atoms with Crippen molar-refractivity contribution in [1.82, 2.24) is 0 Å². The smallest absolute Gasteiger partial charge is 0.0363 e. The zero-order valence-electron chi connectivity index (χ0n) is 18.7. The summed E-state index contributed by atoms with van der Waals surface area (Å²) in [6, 6.07) is 19.3. The van der Waals surface area contributed by atoms with Gasteiger partial charge in [0.1, 0.15) is 0 Å². The first-order chi connectivity index (χ1) is 14.0. The highest BCUT2D eigenvalue weighted by Gasteiger charge is 2.10. The van der Waals surface area contributed by atoms with Crippen LogP contribution >= 0.6 is 0 Å². The summed E-state index contributed by atoms with van der Waals surface area (Å²) in [5, 5.41) is 0. The van der Waals surface area contributed by atoms with Crippen molar-refractivity contribution in [3.05, 3.63) is 90.0 Å². The van der Waals surface area contributed by atoms with Crippen molar-refractivity contribution in [2.45, 2.75) is 58.3 Å². The van der Waals surface area contributed by atoms with Gasteiger partial charge in [0, 0.05) is 19.8 Å². The lowest BCUT2D eigenvalue weighted by Crippen LogP contribution is -2.08. The van der Waals surface area contributed by atoms with E-state index in [2.05, 4.69) is 99.2 Å². The topological polar surface area (TPSA) is 3.24 Å². The van der Waals surface area contributed by atoms with E-state index < -0.39 is 0 Å². The molecule has 29 heavy (non-hydrogen) atoms. The van der Waals surface area contributed by atoms with Crippen LogP contribution < -0.4 is 4.90 Å². The van der Waals surface area contributed by atoms with Crippen molar-refractivity contribution in [2.24, 2.45) is 5.92 Å². The minimum absolute atomic E-state index is 0.900. The van der Waals surface area contributed by atoms with Crippen LogP contribution in [0.3, 0.4) is 0 Å². The number of benzene rings is 2. The molecule has 0 amide bonds. The summed E-state index contributed by atoms with van der Waals surface area (Å²) in [5.74, 6) is 0.900. The Kier molecular flexibility index (Phi) is 10.3. The van der Waals surface area contributed by atoms with Gasteiger partial charge in [-0.25, -0.2) is 0 Å². The van der Waals surface area contributed by atoms with Crippen LogP contribution in [0, 0.1) is 5.92 Å². The maximum absolute atomic E-state index is 3.91. The summed E-state index contributed by atoms with van der Waals surface area (Å²) < 4.78 is 0. The third-order valence-corrected chi connectivity index (χ3v) is 5.42. The molecule has 156 valence electrons.